The van der Waals surface area contributed by atoms with E-state index >= 15 is 0 Å². The zero-order valence-corrected chi connectivity index (χ0v) is 5.79. The SMILES string of the molecule is Cl.Cl.[F][Zr].[KH]. The van der Waals surface area contributed by atoms with Gasteiger partial charge in [-0.05, 0) is 0 Å². The van der Waals surface area contributed by atoms with Crippen LogP contribution in [0.25, 0.3) is 0 Å². The fraction of sp³-hybridized carbons (Fsp3) is 0. The zero-order valence-electron chi connectivity index (χ0n) is 1.69. The van der Waals surface area contributed by atoms with Crippen LogP contribution < -0.4 is 0 Å². The summed E-state index contributed by atoms with van der Waals surface area (Å²) in [6.07, 6.45) is 0. The van der Waals surface area contributed by atoms with Crippen molar-refractivity contribution < 1.29 is 28.0 Å². The molecule has 0 aliphatic heterocycles. The summed E-state index contributed by atoms with van der Waals surface area (Å²) in [5, 5.41) is 0. The van der Waals surface area contributed by atoms with Gasteiger partial charge in [0.15, 0.2) is 0 Å². The molecular formula is H3Cl2FKZr. The van der Waals surface area contributed by atoms with E-state index in [4.69, 9.17) is 0 Å². The number of hydrogen-bond donors (Lipinski definition) is 0. The van der Waals surface area contributed by atoms with Crippen molar-refractivity contribution in [2.24, 2.45) is 0 Å². The van der Waals surface area contributed by atoms with Gasteiger partial charge in [0.25, 0.3) is 0 Å². The maximum absolute atomic E-state index is 9.59. The number of rotatable bonds is 0. The Labute approximate surface area is 102 Å². The Hall–Kier alpha value is 3.03. The summed E-state index contributed by atoms with van der Waals surface area (Å²) < 4.78 is 9.59. The Kier molecular flexibility index (Phi) is 136. The predicted molar refractivity (Wildman–Crippen MR) is 22.8 cm³/mol. The van der Waals surface area contributed by atoms with Gasteiger partial charge in [-0.2, -0.15) is 0 Å². The van der Waals surface area contributed by atoms with E-state index in [0.717, 1.165) is 0 Å². The Morgan fingerprint density at radius 3 is 1.00 bits per heavy atom. The molecule has 5 heteroatoms. The molecule has 0 heterocycles. The van der Waals surface area contributed by atoms with Crippen molar-refractivity contribution in [3.8, 4) is 0 Å². The van der Waals surface area contributed by atoms with Gasteiger partial charge < -0.3 is 0 Å². The van der Waals surface area contributed by atoms with Crippen LogP contribution in [0, 0.1) is 0 Å². The second kappa shape index (κ2) is 27.8. The van der Waals surface area contributed by atoms with Crippen molar-refractivity contribution in [3.63, 3.8) is 0 Å². The van der Waals surface area contributed by atoms with Crippen LogP contribution in [0.5, 0.6) is 0 Å². The third-order valence-corrected chi connectivity index (χ3v) is 0. The summed E-state index contributed by atoms with van der Waals surface area (Å²) in [4.78, 5) is 0. The van der Waals surface area contributed by atoms with Gasteiger partial charge in [-0.25, -0.2) is 0 Å². The quantitative estimate of drug-likeness (QED) is 0.528. The van der Waals surface area contributed by atoms with E-state index in [9.17, 15) is 2.63 Å². The van der Waals surface area contributed by atoms with Gasteiger partial charge in [0.05, 0.1) is 0 Å². The average molecular weight is 223 g/mol. The monoisotopic (exact) mass is 221 g/mol. The van der Waals surface area contributed by atoms with Crippen LogP contribution in [0.1, 0.15) is 0 Å². The Balaban J connectivity index is -0.00000000167. The molecule has 29 valence electrons. The molecule has 0 aromatic heterocycles. The molecule has 0 aromatic carbocycles. The molecule has 0 N–H and O–H groups in total. The van der Waals surface area contributed by atoms with Crippen LogP contribution in [0.3, 0.4) is 0 Å². The molecule has 0 amide bonds. The number of halogens is 3. The van der Waals surface area contributed by atoms with E-state index in [1.165, 1.54) is 0 Å². The fourth-order valence-corrected chi connectivity index (χ4v) is 0. The van der Waals surface area contributed by atoms with Gasteiger partial charge in [-0.15, -0.1) is 24.8 Å². The van der Waals surface area contributed by atoms with Gasteiger partial charge in [0.1, 0.15) is 0 Å². The molecule has 0 aliphatic carbocycles. The van der Waals surface area contributed by atoms with Crippen LogP contribution in [-0.2, 0) is 25.3 Å². The number of hydrogen-bond acceptors (Lipinski definition) is 0. The van der Waals surface area contributed by atoms with Gasteiger partial charge in [0, 0.05) is 0 Å². The molecule has 0 unspecified atom stereocenters. The average Bonchev–Trinajstić information content (AvgIpc) is 1.00. The molecule has 0 aromatic rings. The Bertz CT molecular complexity index is 9.61. The zero-order chi connectivity index (χ0) is 2.00. The molecule has 0 nitrogen and oxygen atoms in total. The Morgan fingerprint density at radius 2 is 1.00 bits per heavy atom. The topological polar surface area (TPSA) is 0 Å². The molecule has 0 bridgehead atoms. The summed E-state index contributed by atoms with van der Waals surface area (Å²) >= 11 is 0.0500. The summed E-state index contributed by atoms with van der Waals surface area (Å²) in [6.45, 7) is 0. The van der Waals surface area contributed by atoms with E-state index < -0.39 is 0 Å². The van der Waals surface area contributed by atoms with E-state index in [1.54, 1.807) is 0 Å². The summed E-state index contributed by atoms with van der Waals surface area (Å²) in [6, 6.07) is 0. The van der Waals surface area contributed by atoms with E-state index in [0.29, 0.717) is 0 Å². The first kappa shape index (κ1) is 24.4. The first-order valence-corrected chi connectivity index (χ1v) is 1.12. The summed E-state index contributed by atoms with van der Waals surface area (Å²) in [5.41, 5.74) is 0. The molecule has 5 heavy (non-hydrogen) atoms. The molecule has 0 atom stereocenters. The van der Waals surface area contributed by atoms with Gasteiger partial charge in [0.2, 0.25) is 0 Å². The van der Waals surface area contributed by atoms with Crippen molar-refractivity contribution in [1.82, 2.24) is 0 Å². The van der Waals surface area contributed by atoms with Crippen LogP contribution in [0.4, 0.5) is 2.63 Å². The van der Waals surface area contributed by atoms with Gasteiger partial charge >= 0.3 is 79.3 Å². The van der Waals surface area contributed by atoms with Crippen molar-refractivity contribution in [1.29, 1.82) is 0 Å². The third-order valence-electron chi connectivity index (χ3n) is 0. The third kappa shape index (κ3) is 19.4. The summed E-state index contributed by atoms with van der Waals surface area (Å²) in [5.74, 6) is 0. The first-order valence-electron chi connectivity index (χ1n) is 0.189. The second-order valence-electron chi connectivity index (χ2n) is 0. The van der Waals surface area contributed by atoms with Crippen LogP contribution in [-0.4, -0.2) is 51.4 Å². The molecule has 0 rings (SSSR count). The molecule has 0 aliphatic rings. The van der Waals surface area contributed by atoms with E-state index in [1.807, 2.05) is 0 Å². The van der Waals surface area contributed by atoms with Crippen molar-refractivity contribution in [2.45, 2.75) is 0 Å². The molecular weight excluding hydrogens is 220 g/mol. The van der Waals surface area contributed by atoms with Crippen molar-refractivity contribution in [3.05, 3.63) is 0 Å². The van der Waals surface area contributed by atoms with Crippen molar-refractivity contribution in [2.75, 3.05) is 0 Å². The normalized spacial score (nSPS) is 0.800. The maximum atomic E-state index is 9.59. The molecule has 0 saturated carbocycles. The minimum absolute atomic E-state index is 0. The standard InChI is InChI=1S/2ClH.FH.K.Zr.H/h3*1H;;;/q;;;;+1;/p-1. The van der Waals surface area contributed by atoms with Gasteiger partial charge in [-0.1, -0.05) is 0 Å². The first-order chi connectivity index (χ1) is 1.00. The van der Waals surface area contributed by atoms with E-state index in [2.05, 4.69) is 0 Å². The van der Waals surface area contributed by atoms with Gasteiger partial charge in [-0.3, -0.25) is 0 Å². The molecule has 0 fully saturated rings. The van der Waals surface area contributed by atoms with Crippen LogP contribution >= 0.6 is 24.8 Å². The fourth-order valence-electron chi connectivity index (χ4n) is 0. The van der Waals surface area contributed by atoms with Crippen LogP contribution in [0.15, 0.2) is 0 Å². The molecule has 0 spiro atoms. The second-order valence-corrected chi connectivity index (χ2v) is 0. The molecule has 0 radical (unpaired) electrons. The molecule has 0 saturated heterocycles. The van der Waals surface area contributed by atoms with Crippen molar-refractivity contribution >= 4 is 76.2 Å². The Morgan fingerprint density at radius 1 is 1.00 bits per heavy atom. The summed E-state index contributed by atoms with van der Waals surface area (Å²) in [7, 11) is 0. The van der Waals surface area contributed by atoms with E-state index in [-0.39, 0.29) is 102 Å². The predicted octanol–water partition coefficient (Wildman–Crippen LogP) is 0.613. The minimum atomic E-state index is 0. The van der Waals surface area contributed by atoms with Crippen LogP contribution in [0.2, 0.25) is 0 Å².